The Morgan fingerprint density at radius 2 is 1.77 bits per heavy atom. The number of hydrogen-bond acceptors (Lipinski definition) is 7. The van der Waals surface area contributed by atoms with Crippen LogP contribution < -0.4 is 14.8 Å². The molecular formula is C18H25NO7. The summed E-state index contributed by atoms with van der Waals surface area (Å²) in [7, 11) is 3.96. The second-order valence-electron chi connectivity index (χ2n) is 5.60. The highest BCUT2D eigenvalue weighted by Crippen LogP contribution is 2.28. The quantitative estimate of drug-likeness (QED) is 0.661. The van der Waals surface area contributed by atoms with E-state index >= 15 is 0 Å². The molecule has 0 bridgehead atoms. The number of esters is 2. The lowest BCUT2D eigenvalue weighted by atomic mass is 9.99. The molecule has 0 heterocycles. The second kappa shape index (κ2) is 10.3. The van der Waals surface area contributed by atoms with Crippen molar-refractivity contribution in [2.75, 3.05) is 27.9 Å². The van der Waals surface area contributed by atoms with Crippen molar-refractivity contribution >= 4 is 17.8 Å². The summed E-state index contributed by atoms with van der Waals surface area (Å²) in [5.41, 5.74) is 0.295. The third kappa shape index (κ3) is 5.65. The first-order valence-electron chi connectivity index (χ1n) is 8.14. The topological polar surface area (TPSA) is 100 Å². The molecule has 1 amide bonds. The summed E-state index contributed by atoms with van der Waals surface area (Å²) in [5.74, 6) is -1.00. The number of amides is 1. The molecule has 0 spiro atoms. The van der Waals surface area contributed by atoms with Crippen molar-refractivity contribution in [1.29, 1.82) is 0 Å². The molecule has 0 unspecified atom stereocenters. The summed E-state index contributed by atoms with van der Waals surface area (Å²) in [6, 6.07) is 3.71. The number of methoxy groups -OCH3 is 3. The zero-order valence-corrected chi connectivity index (χ0v) is 15.7. The average molecular weight is 367 g/mol. The van der Waals surface area contributed by atoms with Crippen LogP contribution in [0.2, 0.25) is 0 Å². The second-order valence-corrected chi connectivity index (χ2v) is 5.60. The average Bonchev–Trinajstić information content (AvgIpc) is 2.68. The van der Waals surface area contributed by atoms with E-state index in [2.05, 4.69) is 10.1 Å². The van der Waals surface area contributed by atoms with E-state index in [4.69, 9.17) is 14.2 Å². The van der Waals surface area contributed by atoms with Crippen LogP contribution >= 0.6 is 0 Å². The van der Waals surface area contributed by atoms with Crippen LogP contribution in [-0.4, -0.2) is 51.8 Å². The van der Waals surface area contributed by atoms with Crippen molar-refractivity contribution in [1.82, 2.24) is 5.32 Å². The maximum atomic E-state index is 12.1. The van der Waals surface area contributed by atoms with Gasteiger partial charge >= 0.3 is 11.9 Å². The first-order chi connectivity index (χ1) is 12.4. The summed E-state index contributed by atoms with van der Waals surface area (Å²) in [6.07, 6.45) is 0.698. The Morgan fingerprint density at radius 3 is 2.31 bits per heavy atom. The zero-order valence-electron chi connectivity index (χ0n) is 15.7. The molecule has 0 saturated carbocycles. The van der Waals surface area contributed by atoms with Gasteiger partial charge in [-0.1, -0.05) is 20.3 Å². The van der Waals surface area contributed by atoms with Gasteiger partial charge in [0.2, 0.25) is 0 Å². The first kappa shape index (κ1) is 21.3. The van der Waals surface area contributed by atoms with Crippen LogP contribution in [0.3, 0.4) is 0 Å². The lowest BCUT2D eigenvalue weighted by Gasteiger charge is -2.22. The maximum absolute atomic E-state index is 12.1. The van der Waals surface area contributed by atoms with E-state index in [1.807, 2.05) is 13.8 Å². The maximum Gasteiger partial charge on any atom is 0.337 e. The van der Waals surface area contributed by atoms with E-state index in [1.165, 1.54) is 39.5 Å². The molecule has 8 nitrogen and oxygen atoms in total. The largest absolute Gasteiger partial charge is 0.493 e. The first-order valence-corrected chi connectivity index (χ1v) is 8.14. The Balaban J connectivity index is 2.77. The fourth-order valence-corrected chi connectivity index (χ4v) is 2.19. The van der Waals surface area contributed by atoms with Gasteiger partial charge in [0, 0.05) is 0 Å². The molecule has 0 aliphatic rings. The van der Waals surface area contributed by atoms with Gasteiger partial charge in [-0.15, -0.1) is 0 Å². The van der Waals surface area contributed by atoms with E-state index in [9.17, 15) is 14.4 Å². The molecule has 0 radical (unpaired) electrons. The Morgan fingerprint density at radius 1 is 1.08 bits per heavy atom. The van der Waals surface area contributed by atoms with E-state index < -0.39 is 23.9 Å². The molecule has 0 aliphatic carbocycles. The number of hydrogen-bond donors (Lipinski definition) is 1. The van der Waals surface area contributed by atoms with Crippen molar-refractivity contribution in [2.45, 2.75) is 26.3 Å². The zero-order chi connectivity index (χ0) is 19.7. The van der Waals surface area contributed by atoms with Crippen molar-refractivity contribution in [3.8, 4) is 11.5 Å². The van der Waals surface area contributed by atoms with E-state index in [-0.39, 0.29) is 24.0 Å². The number of carbonyl (C=O) groups excluding carboxylic acids is 3. The molecule has 144 valence electrons. The van der Waals surface area contributed by atoms with Gasteiger partial charge in [-0.25, -0.2) is 9.59 Å². The van der Waals surface area contributed by atoms with Crippen LogP contribution in [-0.2, 0) is 19.1 Å². The molecule has 1 aromatic rings. The molecule has 1 N–H and O–H groups in total. The molecular weight excluding hydrogens is 342 g/mol. The van der Waals surface area contributed by atoms with E-state index in [1.54, 1.807) is 0 Å². The standard InChI is InChI=1S/C18H25NO7/c1-6-11(2)16(18(22)25-5)19-15(20)10-26-13-8-7-12(17(21)24-4)9-14(13)23-3/h7-9,11,16H,6,10H2,1-5H3,(H,19,20)/t11-,16+/m0/s1. The smallest absolute Gasteiger partial charge is 0.337 e. The summed E-state index contributed by atoms with van der Waals surface area (Å²) < 4.78 is 20.0. The van der Waals surface area contributed by atoms with Gasteiger partial charge in [0.15, 0.2) is 18.1 Å². The predicted octanol–water partition coefficient (Wildman–Crippen LogP) is 1.56. The van der Waals surface area contributed by atoms with Gasteiger partial charge in [-0.2, -0.15) is 0 Å². The number of ether oxygens (including phenoxy) is 4. The minimum Gasteiger partial charge on any atom is -0.493 e. The third-order valence-corrected chi connectivity index (χ3v) is 3.93. The van der Waals surface area contributed by atoms with Crippen LogP contribution in [0.15, 0.2) is 18.2 Å². The van der Waals surface area contributed by atoms with Crippen molar-refractivity contribution in [3.05, 3.63) is 23.8 Å². The molecule has 0 fully saturated rings. The Kier molecular flexibility index (Phi) is 8.41. The molecule has 8 heteroatoms. The van der Waals surface area contributed by atoms with Crippen molar-refractivity contribution in [3.63, 3.8) is 0 Å². The molecule has 0 aliphatic heterocycles. The van der Waals surface area contributed by atoms with E-state index in [0.29, 0.717) is 12.0 Å². The van der Waals surface area contributed by atoms with Crippen molar-refractivity contribution in [2.24, 2.45) is 5.92 Å². The van der Waals surface area contributed by atoms with Gasteiger partial charge in [0.25, 0.3) is 5.91 Å². The van der Waals surface area contributed by atoms with Crippen LogP contribution in [0.5, 0.6) is 11.5 Å². The number of carbonyl (C=O) groups is 3. The summed E-state index contributed by atoms with van der Waals surface area (Å²) in [6.45, 7) is 3.44. The third-order valence-electron chi connectivity index (χ3n) is 3.93. The summed E-state index contributed by atoms with van der Waals surface area (Å²) in [5, 5.41) is 2.61. The van der Waals surface area contributed by atoms with Crippen molar-refractivity contribution < 1.29 is 33.3 Å². The van der Waals surface area contributed by atoms with Gasteiger partial charge in [-0.05, 0) is 24.1 Å². The lowest BCUT2D eigenvalue weighted by molar-refractivity contribution is -0.146. The Bertz CT molecular complexity index is 644. The monoisotopic (exact) mass is 367 g/mol. The van der Waals surface area contributed by atoms with E-state index in [0.717, 1.165) is 0 Å². The highest BCUT2D eigenvalue weighted by atomic mass is 16.5. The normalized spacial score (nSPS) is 12.5. The van der Waals surface area contributed by atoms with Crippen LogP contribution in [0, 0.1) is 5.92 Å². The van der Waals surface area contributed by atoms with Gasteiger partial charge in [0.05, 0.1) is 26.9 Å². The lowest BCUT2D eigenvalue weighted by Crippen LogP contribution is -2.47. The molecule has 1 rings (SSSR count). The fraction of sp³-hybridized carbons (Fsp3) is 0.500. The molecule has 0 aromatic heterocycles. The number of benzene rings is 1. The fourth-order valence-electron chi connectivity index (χ4n) is 2.19. The van der Waals surface area contributed by atoms with Gasteiger partial charge < -0.3 is 24.3 Å². The molecule has 1 aromatic carbocycles. The Hall–Kier alpha value is -2.77. The Labute approximate surface area is 152 Å². The summed E-state index contributed by atoms with van der Waals surface area (Å²) >= 11 is 0. The van der Waals surface area contributed by atoms with Gasteiger partial charge in [-0.3, -0.25) is 4.79 Å². The minimum absolute atomic E-state index is 0.0831. The molecule has 0 saturated heterocycles. The van der Waals surface area contributed by atoms with Crippen LogP contribution in [0.25, 0.3) is 0 Å². The predicted molar refractivity (Wildman–Crippen MR) is 93.2 cm³/mol. The highest BCUT2D eigenvalue weighted by Gasteiger charge is 2.26. The number of rotatable bonds is 9. The van der Waals surface area contributed by atoms with Gasteiger partial charge in [0.1, 0.15) is 6.04 Å². The number of nitrogens with one attached hydrogen (secondary N) is 1. The SMILES string of the molecule is CC[C@H](C)[C@@H](NC(=O)COc1ccc(C(=O)OC)cc1OC)C(=O)OC. The summed E-state index contributed by atoms with van der Waals surface area (Å²) in [4.78, 5) is 35.5. The van der Waals surface area contributed by atoms with Crippen LogP contribution in [0.4, 0.5) is 0 Å². The van der Waals surface area contributed by atoms with Crippen LogP contribution in [0.1, 0.15) is 30.6 Å². The molecule has 26 heavy (non-hydrogen) atoms. The molecule has 2 atom stereocenters. The minimum atomic E-state index is -0.746. The highest BCUT2D eigenvalue weighted by molar-refractivity contribution is 5.90.